The summed E-state index contributed by atoms with van der Waals surface area (Å²) in [6, 6.07) is 17.9. The number of rotatable bonds is 6. The first-order valence-corrected chi connectivity index (χ1v) is 12.7. The van der Waals surface area contributed by atoms with E-state index in [2.05, 4.69) is 16.4 Å². The van der Waals surface area contributed by atoms with Crippen molar-refractivity contribution in [2.24, 2.45) is 0 Å². The molecule has 1 saturated heterocycles. The first-order chi connectivity index (χ1) is 18.9. The molecule has 4 aromatic rings. The fraction of sp³-hybridized carbons (Fsp3) is 0.214. The first kappa shape index (κ1) is 24.7. The number of nitrogens with zero attached hydrogens (tertiary/aromatic N) is 4. The zero-order valence-corrected chi connectivity index (χ0v) is 22.3. The van der Waals surface area contributed by atoms with E-state index < -0.39 is 4.92 Å². The lowest BCUT2D eigenvalue weighted by molar-refractivity contribution is -0.384. The van der Waals surface area contributed by atoms with E-state index in [0.29, 0.717) is 28.0 Å². The van der Waals surface area contributed by atoms with Gasteiger partial charge in [-0.05, 0) is 74.1 Å². The Balaban J connectivity index is 1.52. The Bertz CT molecular complexity index is 1610. The third-order valence-electron chi connectivity index (χ3n) is 7.14. The van der Waals surface area contributed by atoms with Crippen molar-refractivity contribution in [1.82, 2.24) is 14.9 Å². The summed E-state index contributed by atoms with van der Waals surface area (Å²) in [4.78, 5) is 18.3. The number of thiocarbonyl (C=S) groups is 1. The minimum Gasteiger partial charge on any atom is -0.496 e. The highest BCUT2D eigenvalue weighted by atomic mass is 32.1. The van der Waals surface area contributed by atoms with Crippen LogP contribution in [0.15, 0.2) is 66.9 Å². The van der Waals surface area contributed by atoms with Crippen molar-refractivity contribution in [1.29, 1.82) is 0 Å². The van der Waals surface area contributed by atoms with E-state index in [0.717, 1.165) is 28.3 Å². The van der Waals surface area contributed by atoms with Crippen LogP contribution in [0.5, 0.6) is 17.2 Å². The van der Waals surface area contributed by atoms with Crippen LogP contribution < -0.4 is 24.4 Å². The van der Waals surface area contributed by atoms with Crippen molar-refractivity contribution >= 4 is 28.7 Å². The molecule has 2 aromatic heterocycles. The summed E-state index contributed by atoms with van der Waals surface area (Å²) in [7, 11) is 1.49. The Hall–Kier alpha value is -4.64. The van der Waals surface area contributed by atoms with Crippen LogP contribution in [0.25, 0.3) is 5.69 Å². The van der Waals surface area contributed by atoms with Crippen molar-refractivity contribution in [2.45, 2.75) is 25.9 Å². The molecule has 2 aromatic carbocycles. The summed E-state index contributed by atoms with van der Waals surface area (Å²) in [6.45, 7) is 4.07. The van der Waals surface area contributed by atoms with Gasteiger partial charge < -0.3 is 29.0 Å². The highest BCUT2D eigenvalue weighted by Crippen LogP contribution is 2.46. The summed E-state index contributed by atoms with van der Waals surface area (Å²) in [6.07, 6.45) is 1.75. The molecule has 0 spiro atoms. The topological polar surface area (TPSA) is 104 Å². The molecule has 2 aliphatic rings. The number of nitro benzene ring substituents is 1. The first-order valence-electron chi connectivity index (χ1n) is 12.3. The maximum Gasteiger partial charge on any atom is 0.296 e. The number of hydrogen-bond acceptors (Lipinski definition) is 7. The molecule has 0 unspecified atom stereocenters. The van der Waals surface area contributed by atoms with Gasteiger partial charge in [0.2, 0.25) is 6.79 Å². The predicted octanol–water partition coefficient (Wildman–Crippen LogP) is 5.31. The van der Waals surface area contributed by atoms with Crippen molar-refractivity contribution in [2.75, 3.05) is 18.8 Å². The van der Waals surface area contributed by atoms with Gasteiger partial charge in [0.05, 0.1) is 35.9 Å². The molecule has 0 bridgehead atoms. The Morgan fingerprint density at radius 3 is 2.67 bits per heavy atom. The molecule has 1 fully saturated rings. The molecule has 2 atom stereocenters. The number of aromatic nitrogens is 2. The second-order valence-corrected chi connectivity index (χ2v) is 9.69. The van der Waals surface area contributed by atoms with Gasteiger partial charge >= 0.3 is 0 Å². The van der Waals surface area contributed by atoms with Gasteiger partial charge in [0.15, 0.2) is 16.6 Å². The minimum atomic E-state index is -0.391. The highest BCUT2D eigenvalue weighted by molar-refractivity contribution is 7.80. The molecule has 2 aliphatic heterocycles. The Morgan fingerprint density at radius 2 is 1.92 bits per heavy atom. The predicted molar refractivity (Wildman–Crippen MR) is 149 cm³/mol. The number of anilines is 1. The third kappa shape index (κ3) is 4.11. The number of pyridine rings is 1. The number of methoxy groups -OCH3 is 1. The Kier molecular flexibility index (Phi) is 6.07. The van der Waals surface area contributed by atoms with Gasteiger partial charge in [-0.15, -0.1) is 0 Å². The van der Waals surface area contributed by atoms with Gasteiger partial charge in [0.25, 0.3) is 5.69 Å². The molecule has 1 N–H and O–H groups in total. The number of nitrogens with one attached hydrogen (secondary N) is 1. The fourth-order valence-corrected chi connectivity index (χ4v) is 5.75. The van der Waals surface area contributed by atoms with Crippen LogP contribution in [-0.2, 0) is 0 Å². The number of benzene rings is 2. The van der Waals surface area contributed by atoms with Gasteiger partial charge in [-0.2, -0.15) is 0 Å². The van der Waals surface area contributed by atoms with E-state index in [1.54, 1.807) is 18.3 Å². The molecule has 4 heterocycles. The van der Waals surface area contributed by atoms with E-state index in [-0.39, 0.29) is 24.6 Å². The van der Waals surface area contributed by atoms with E-state index >= 15 is 0 Å². The summed E-state index contributed by atoms with van der Waals surface area (Å²) in [5.41, 5.74) is 4.73. The normalized spacial score (nSPS) is 17.8. The Labute approximate surface area is 229 Å². The van der Waals surface area contributed by atoms with E-state index in [1.807, 2.05) is 59.7 Å². The van der Waals surface area contributed by atoms with Crippen molar-refractivity contribution in [3.05, 3.63) is 99.6 Å². The van der Waals surface area contributed by atoms with Gasteiger partial charge in [-0.3, -0.25) is 15.1 Å². The van der Waals surface area contributed by atoms with Crippen molar-refractivity contribution in [3.63, 3.8) is 0 Å². The monoisotopic (exact) mass is 543 g/mol. The maximum absolute atomic E-state index is 12.0. The van der Waals surface area contributed by atoms with Crippen LogP contribution >= 0.6 is 12.2 Å². The molecular formula is C28H25N5O5S. The molecule has 10 nitrogen and oxygen atoms in total. The lowest BCUT2D eigenvalue weighted by Crippen LogP contribution is -2.29. The van der Waals surface area contributed by atoms with Crippen LogP contribution in [0.2, 0.25) is 0 Å². The van der Waals surface area contributed by atoms with Gasteiger partial charge in [0.1, 0.15) is 11.4 Å². The van der Waals surface area contributed by atoms with Gasteiger partial charge in [-0.1, -0.05) is 6.07 Å². The largest absolute Gasteiger partial charge is 0.496 e. The minimum absolute atomic E-state index is 0.0447. The average Bonchev–Trinajstić information content (AvgIpc) is 3.63. The number of hydrogen-bond donors (Lipinski definition) is 1. The molecule has 6 rings (SSSR count). The lowest BCUT2D eigenvalue weighted by Gasteiger charge is -2.28. The highest BCUT2D eigenvalue weighted by Gasteiger charge is 2.43. The van der Waals surface area contributed by atoms with E-state index in [1.165, 1.54) is 13.2 Å². The lowest BCUT2D eigenvalue weighted by atomic mass is 9.96. The van der Waals surface area contributed by atoms with Crippen molar-refractivity contribution < 1.29 is 19.1 Å². The maximum atomic E-state index is 12.0. The van der Waals surface area contributed by atoms with Crippen molar-refractivity contribution in [3.8, 4) is 22.9 Å². The van der Waals surface area contributed by atoms with Gasteiger partial charge in [-0.25, -0.2) is 0 Å². The van der Waals surface area contributed by atoms with Gasteiger partial charge in [0, 0.05) is 29.3 Å². The van der Waals surface area contributed by atoms with E-state index in [4.69, 9.17) is 26.4 Å². The molecule has 0 aliphatic carbocycles. The molecule has 0 radical (unpaired) electrons. The van der Waals surface area contributed by atoms with Crippen LogP contribution in [0, 0.1) is 24.0 Å². The van der Waals surface area contributed by atoms with E-state index in [9.17, 15) is 10.1 Å². The number of nitro groups is 1. The smallest absolute Gasteiger partial charge is 0.296 e. The van der Waals surface area contributed by atoms with Crippen LogP contribution in [-0.4, -0.2) is 33.5 Å². The number of fused-ring (bicyclic) bond motifs is 1. The second-order valence-electron chi connectivity index (χ2n) is 9.31. The molecule has 0 amide bonds. The standard InChI is InChI=1S/C28H25N5O5S/c1-16-12-20(17(2)31(16)22-9-8-19(36-3)14-23(22)33(34)35)27-26(21-6-4-5-11-29-21)30-28(39)32(27)18-7-10-24-25(13-18)38-15-37-24/h4-14,26-27H,15H2,1-3H3,(H,30,39)/t26-,27-/m0/s1. The molecule has 198 valence electrons. The summed E-state index contributed by atoms with van der Waals surface area (Å²) in [5, 5.41) is 16.0. The molecule has 39 heavy (non-hydrogen) atoms. The number of aryl methyl sites for hydroxylation is 1. The SMILES string of the molecule is COc1ccc(-n2c(C)cc([C@H]3[C@H](c4ccccn4)NC(=S)N3c3ccc4c(c3)OCO4)c2C)c([N+](=O)[O-])c1. The van der Waals surface area contributed by atoms with Crippen LogP contribution in [0.1, 0.15) is 34.7 Å². The molecule has 11 heteroatoms. The quantitative estimate of drug-likeness (QED) is 0.197. The Morgan fingerprint density at radius 1 is 1.10 bits per heavy atom. The summed E-state index contributed by atoms with van der Waals surface area (Å²) in [5.74, 6) is 1.75. The summed E-state index contributed by atoms with van der Waals surface area (Å²) >= 11 is 5.87. The fourth-order valence-electron chi connectivity index (χ4n) is 5.41. The van der Waals surface area contributed by atoms with Crippen LogP contribution in [0.4, 0.5) is 11.4 Å². The zero-order chi connectivity index (χ0) is 27.3. The van der Waals surface area contributed by atoms with Crippen LogP contribution in [0.3, 0.4) is 0 Å². The average molecular weight is 544 g/mol. The molecule has 0 saturated carbocycles. The molecular weight excluding hydrogens is 518 g/mol. The third-order valence-corrected chi connectivity index (χ3v) is 7.46. The second kappa shape index (κ2) is 9.59. The zero-order valence-electron chi connectivity index (χ0n) is 21.5. The number of ether oxygens (including phenoxy) is 3. The summed E-state index contributed by atoms with van der Waals surface area (Å²) < 4.78 is 18.3.